The molecular formula is C40H47N11O8S. The summed E-state index contributed by atoms with van der Waals surface area (Å²) in [4.78, 5) is 65.6. The average molecular weight is 842 g/mol. The van der Waals surface area contributed by atoms with E-state index in [-0.39, 0.29) is 37.0 Å². The number of nitriles is 1. The molecule has 60 heavy (non-hydrogen) atoms. The molecule has 8 rings (SSSR count). The van der Waals surface area contributed by atoms with Gasteiger partial charge in [0.1, 0.15) is 35.2 Å². The van der Waals surface area contributed by atoms with E-state index >= 15 is 0 Å². The Kier molecular flexibility index (Phi) is 12.6. The Bertz CT molecular complexity index is 2490. The number of nitrogens with two attached hydrogens (primary N) is 1. The monoisotopic (exact) mass is 841 g/mol. The van der Waals surface area contributed by atoms with Crippen LogP contribution in [-0.4, -0.2) is 110 Å². The van der Waals surface area contributed by atoms with Gasteiger partial charge in [0.15, 0.2) is 0 Å². The van der Waals surface area contributed by atoms with Crippen LogP contribution >= 0.6 is 11.3 Å². The molecule has 19 nitrogen and oxygen atoms in total. The molecule has 316 valence electrons. The van der Waals surface area contributed by atoms with Gasteiger partial charge in [-0.05, 0) is 70.7 Å². The zero-order valence-corrected chi connectivity index (χ0v) is 34.4. The Hall–Kier alpha value is -6.17. The fourth-order valence-corrected chi connectivity index (χ4v) is 9.59. The molecule has 0 spiro atoms. The Morgan fingerprint density at radius 3 is 2.73 bits per heavy atom. The van der Waals surface area contributed by atoms with Crippen molar-refractivity contribution in [2.24, 2.45) is 7.05 Å². The van der Waals surface area contributed by atoms with Gasteiger partial charge in [0.25, 0.3) is 6.47 Å². The summed E-state index contributed by atoms with van der Waals surface area (Å²) in [7, 11) is 1.65. The summed E-state index contributed by atoms with van der Waals surface area (Å²) in [5.41, 5.74) is 8.51. The normalized spacial score (nSPS) is 20.7. The maximum Gasteiger partial charge on any atom is 0.329 e. The number of aromatic nitrogens is 6. The first-order chi connectivity index (χ1) is 29.0. The van der Waals surface area contributed by atoms with Crippen LogP contribution in [0, 0.1) is 11.3 Å². The van der Waals surface area contributed by atoms with Crippen molar-refractivity contribution >= 4 is 51.6 Å². The number of nitrogens with zero attached hydrogens (tertiary/aromatic N) is 9. The zero-order valence-electron chi connectivity index (χ0n) is 33.6. The van der Waals surface area contributed by atoms with E-state index in [0.717, 1.165) is 62.3 Å². The predicted octanol–water partition coefficient (Wildman–Crippen LogP) is 3.01. The van der Waals surface area contributed by atoms with E-state index in [2.05, 4.69) is 38.3 Å². The lowest BCUT2D eigenvalue weighted by Gasteiger charge is -2.30. The first-order valence-corrected chi connectivity index (χ1v) is 20.6. The minimum Gasteiger partial charge on any atom is -0.491 e. The molecule has 2 aliphatic heterocycles. The van der Waals surface area contributed by atoms with E-state index in [4.69, 9.17) is 39.6 Å². The summed E-state index contributed by atoms with van der Waals surface area (Å²) < 4.78 is 20.7. The second-order valence-electron chi connectivity index (χ2n) is 15.2. The van der Waals surface area contributed by atoms with E-state index in [0.29, 0.717) is 70.5 Å². The highest BCUT2D eigenvalue weighted by Crippen LogP contribution is 2.48. The number of hydrogen-bond donors (Lipinski definition) is 3. The summed E-state index contributed by atoms with van der Waals surface area (Å²) in [5.74, 6) is 1.23. The molecule has 0 bridgehead atoms. The molecule has 4 aromatic heterocycles. The number of amides is 2. The molecule has 0 radical (unpaired) electrons. The molecule has 1 aromatic carbocycles. The van der Waals surface area contributed by atoms with Gasteiger partial charge in [-0.25, -0.2) is 14.8 Å². The van der Waals surface area contributed by atoms with Crippen LogP contribution in [0.15, 0.2) is 39.8 Å². The van der Waals surface area contributed by atoms with Crippen LogP contribution in [0.4, 0.5) is 10.9 Å². The molecule has 20 heteroatoms. The van der Waals surface area contributed by atoms with E-state index in [1.54, 1.807) is 37.5 Å². The van der Waals surface area contributed by atoms with Crippen LogP contribution in [0.25, 0.3) is 22.6 Å². The van der Waals surface area contributed by atoms with Crippen molar-refractivity contribution in [2.45, 2.75) is 69.9 Å². The van der Waals surface area contributed by atoms with Gasteiger partial charge < -0.3 is 29.7 Å². The molecule has 0 saturated carbocycles. The van der Waals surface area contributed by atoms with Crippen LogP contribution in [0.1, 0.15) is 73.9 Å². The Labute approximate surface area is 348 Å². The fourth-order valence-electron chi connectivity index (χ4n) is 8.40. The SMILES string of the molecule is C[C@H]1CN(CCOCCOc2ccc3c(c2)n(C)c(=O)n3C2CCC(=O)NC2=O)CCCN1c1nccc(-c2noc([C@@]3(C)CCCc4sc(N)c(C#N)c43)n2)n1.O=CO. The van der Waals surface area contributed by atoms with Gasteiger partial charge in [0, 0.05) is 61.8 Å². The molecule has 6 heterocycles. The summed E-state index contributed by atoms with van der Waals surface area (Å²) >= 11 is 1.47. The van der Waals surface area contributed by atoms with Gasteiger partial charge in [-0.3, -0.25) is 33.7 Å². The van der Waals surface area contributed by atoms with Crippen molar-refractivity contribution in [3.63, 3.8) is 0 Å². The number of hydrogen-bond acceptors (Lipinski definition) is 16. The highest BCUT2D eigenvalue weighted by atomic mass is 32.1. The lowest BCUT2D eigenvalue weighted by Crippen LogP contribution is -2.44. The number of ether oxygens (including phenoxy) is 2. The highest BCUT2D eigenvalue weighted by Gasteiger charge is 2.43. The van der Waals surface area contributed by atoms with Gasteiger partial charge >= 0.3 is 5.69 Å². The number of fused-ring (bicyclic) bond motifs is 2. The third-order valence-electron chi connectivity index (χ3n) is 11.3. The zero-order chi connectivity index (χ0) is 42.6. The summed E-state index contributed by atoms with van der Waals surface area (Å²) in [5, 5.41) is 23.9. The molecular weight excluding hydrogens is 795 g/mol. The molecule has 2 amide bonds. The van der Waals surface area contributed by atoms with E-state index in [1.165, 1.54) is 20.5 Å². The van der Waals surface area contributed by atoms with E-state index in [1.807, 2.05) is 6.92 Å². The van der Waals surface area contributed by atoms with E-state index in [9.17, 15) is 19.6 Å². The van der Waals surface area contributed by atoms with Gasteiger partial charge in [-0.1, -0.05) is 5.16 Å². The van der Waals surface area contributed by atoms with Gasteiger partial charge in [0.2, 0.25) is 29.5 Å². The maximum atomic E-state index is 13.1. The topological polar surface area (TPSA) is 250 Å². The third-order valence-corrected chi connectivity index (χ3v) is 12.4. The fraction of sp³-hybridized carbons (Fsp3) is 0.475. The number of imide groups is 1. The number of carboxylic acid groups (broad SMARTS) is 1. The quantitative estimate of drug-likeness (QED) is 0.0982. The number of rotatable bonds is 11. The minimum atomic E-state index is -0.737. The Morgan fingerprint density at radius 2 is 1.95 bits per heavy atom. The molecule has 3 aliphatic rings. The predicted molar refractivity (Wildman–Crippen MR) is 220 cm³/mol. The average Bonchev–Trinajstić information content (AvgIpc) is 3.89. The first kappa shape index (κ1) is 42.0. The van der Waals surface area contributed by atoms with Crippen molar-refractivity contribution in [3.8, 4) is 23.3 Å². The Morgan fingerprint density at radius 1 is 1.13 bits per heavy atom. The molecule has 2 fully saturated rings. The number of anilines is 2. The van der Waals surface area contributed by atoms with Crippen molar-refractivity contribution < 1.29 is 33.5 Å². The van der Waals surface area contributed by atoms with Crippen molar-refractivity contribution in [1.29, 1.82) is 5.26 Å². The van der Waals surface area contributed by atoms with Crippen LogP contribution in [0.2, 0.25) is 0 Å². The molecule has 4 N–H and O–H groups in total. The Balaban J connectivity index is 0.00000176. The number of imidazole rings is 1. The second kappa shape index (κ2) is 18.0. The van der Waals surface area contributed by atoms with Crippen molar-refractivity contribution in [2.75, 3.05) is 56.6 Å². The number of carbonyl (C=O) groups excluding carboxylic acids is 2. The number of thiophene rings is 1. The minimum absolute atomic E-state index is 0.135. The van der Waals surface area contributed by atoms with Gasteiger partial charge in [0.05, 0.1) is 35.2 Å². The summed E-state index contributed by atoms with van der Waals surface area (Å²) in [6.45, 7) is 8.49. The van der Waals surface area contributed by atoms with Crippen LogP contribution in [0.5, 0.6) is 5.75 Å². The number of nitrogens with one attached hydrogen (secondary N) is 1. The van der Waals surface area contributed by atoms with Crippen molar-refractivity contribution in [1.82, 2.24) is 39.5 Å². The number of piperidine rings is 1. The molecule has 5 aromatic rings. The number of aryl methyl sites for hydroxylation is 2. The largest absolute Gasteiger partial charge is 0.491 e. The second-order valence-corrected chi connectivity index (χ2v) is 16.3. The first-order valence-electron chi connectivity index (χ1n) is 19.8. The summed E-state index contributed by atoms with van der Waals surface area (Å²) in [6, 6.07) is 8.80. The van der Waals surface area contributed by atoms with Crippen molar-refractivity contribution in [3.05, 3.63) is 62.8 Å². The lowest BCUT2D eigenvalue weighted by atomic mass is 9.72. The molecule has 1 aliphatic carbocycles. The summed E-state index contributed by atoms with van der Waals surface area (Å²) in [6.07, 6.45) is 5.70. The molecule has 1 unspecified atom stereocenters. The lowest BCUT2D eigenvalue weighted by molar-refractivity contribution is -0.135. The van der Waals surface area contributed by atoms with Crippen LogP contribution < -0.4 is 26.4 Å². The highest BCUT2D eigenvalue weighted by molar-refractivity contribution is 7.16. The number of carbonyl (C=O) groups is 3. The van der Waals surface area contributed by atoms with E-state index < -0.39 is 17.4 Å². The van der Waals surface area contributed by atoms with Gasteiger partial charge in [-0.15, -0.1) is 11.3 Å². The number of nitrogen functional groups attached to an aromatic ring is 1. The maximum absolute atomic E-state index is 13.1. The molecule has 2 saturated heterocycles. The van der Waals surface area contributed by atoms with Gasteiger partial charge in [-0.2, -0.15) is 10.2 Å². The molecule has 3 atom stereocenters. The van der Waals surface area contributed by atoms with Crippen LogP contribution in [-0.2, 0) is 38.0 Å². The standard InChI is InChI=1S/C39H45N11O6S.CH2O2/c1-23-22-48(16-17-54-18-19-55-24-7-8-27-29(20-24)47(3)38(53)50(27)28-9-10-31(51)44-35(28)52)14-5-15-49(23)37-42-13-11-26(43-37)34-45-36(56-46-34)39(2)12-4-6-30-32(39)25(21-40)33(41)57-30;2-1-3/h7-8,11,13,20,23,28H,4-6,9-10,12,14-19,22,41H2,1-3H3,(H,44,51,52);1H,(H,2,3)/t23-,28?,39-;/m0./s1. The smallest absolute Gasteiger partial charge is 0.329 e. The third kappa shape index (κ3) is 8.32. The van der Waals surface area contributed by atoms with Crippen LogP contribution in [0.3, 0.4) is 0 Å². The number of benzene rings is 1.